The summed E-state index contributed by atoms with van der Waals surface area (Å²) < 4.78 is 125. The van der Waals surface area contributed by atoms with Crippen molar-refractivity contribution in [2.75, 3.05) is 17.6 Å². The van der Waals surface area contributed by atoms with Crippen LogP contribution in [0.4, 0.5) is 36.4 Å². The molecule has 1 N–H and O–H groups in total. The van der Waals surface area contributed by atoms with Gasteiger partial charge in [0.15, 0.2) is 18.2 Å². The number of ether oxygens (including phenoxy) is 2. The molecule has 18 heteroatoms. The summed E-state index contributed by atoms with van der Waals surface area (Å²) in [6, 6.07) is 2.97. The summed E-state index contributed by atoms with van der Waals surface area (Å²) in [7, 11) is -3.83. The van der Waals surface area contributed by atoms with Crippen LogP contribution in [0.3, 0.4) is 0 Å². The number of rotatable bonds is 9. The molecule has 0 aliphatic heterocycles. The molecule has 10 nitrogen and oxygen atoms in total. The molecular weight excluding hydrogens is 529 g/mol. The number of aromatic nitrogens is 5. The third-order valence-electron chi connectivity index (χ3n) is 4.03. The first-order chi connectivity index (χ1) is 16.6. The number of nitrogens with zero attached hydrogens (tertiary/aromatic N) is 5. The van der Waals surface area contributed by atoms with Gasteiger partial charge in [-0.2, -0.15) is 31.4 Å². The van der Waals surface area contributed by atoms with E-state index in [4.69, 9.17) is 9.47 Å². The van der Waals surface area contributed by atoms with E-state index in [0.29, 0.717) is 4.68 Å². The molecule has 0 saturated heterocycles. The summed E-state index contributed by atoms with van der Waals surface area (Å²) >= 11 is 0. The van der Waals surface area contributed by atoms with Gasteiger partial charge < -0.3 is 9.47 Å². The number of halogens is 7. The Kier molecular flexibility index (Phi) is 7.56. The maximum Gasteiger partial charge on any atom is 0.408 e. The van der Waals surface area contributed by atoms with Crippen molar-refractivity contribution in [3.8, 4) is 23.0 Å². The predicted molar refractivity (Wildman–Crippen MR) is 108 cm³/mol. The van der Waals surface area contributed by atoms with E-state index in [1.54, 1.807) is 4.72 Å². The van der Waals surface area contributed by atoms with Crippen LogP contribution in [0.25, 0.3) is 11.3 Å². The second kappa shape index (κ2) is 10.1. The molecule has 3 rings (SSSR count). The Morgan fingerprint density at radius 3 is 2.44 bits per heavy atom. The fraction of sp³-hybridized carbons (Fsp3) is 0.333. The first-order valence-corrected chi connectivity index (χ1v) is 11.2. The molecule has 0 bridgehead atoms. The number of anilines is 1. The minimum atomic E-state index is -5.03. The van der Waals surface area contributed by atoms with Gasteiger partial charge in [-0.3, -0.25) is 4.72 Å². The van der Waals surface area contributed by atoms with E-state index in [0.717, 1.165) is 37.8 Å². The quantitative estimate of drug-likeness (QED) is 0.408. The molecule has 3 heterocycles. The van der Waals surface area contributed by atoms with Crippen LogP contribution in [0.1, 0.15) is 5.82 Å². The van der Waals surface area contributed by atoms with Crippen LogP contribution < -0.4 is 14.2 Å². The van der Waals surface area contributed by atoms with Gasteiger partial charge in [0.05, 0.1) is 7.11 Å². The Bertz CT molecular complexity index is 1330. The van der Waals surface area contributed by atoms with E-state index in [2.05, 4.69) is 20.1 Å². The van der Waals surface area contributed by atoms with Crippen LogP contribution >= 0.6 is 0 Å². The second-order valence-electron chi connectivity index (χ2n) is 7.00. The van der Waals surface area contributed by atoms with Crippen molar-refractivity contribution >= 4 is 15.7 Å². The van der Waals surface area contributed by atoms with Gasteiger partial charge in [0.1, 0.15) is 30.1 Å². The summed E-state index contributed by atoms with van der Waals surface area (Å²) in [4.78, 5) is 11.3. The topological polar surface area (TPSA) is 121 Å². The normalized spacial score (nSPS) is 12.4. The minimum Gasteiger partial charge on any atom is -0.480 e. The summed E-state index contributed by atoms with van der Waals surface area (Å²) in [6.45, 7) is -1.79. The van der Waals surface area contributed by atoms with Gasteiger partial charge >= 0.3 is 12.4 Å². The van der Waals surface area contributed by atoms with Crippen molar-refractivity contribution < 1.29 is 48.6 Å². The molecular formula is C18H15F7N6O4S. The van der Waals surface area contributed by atoms with E-state index < -0.39 is 64.4 Å². The molecule has 0 fully saturated rings. The molecule has 0 spiro atoms. The Balaban J connectivity index is 1.82. The number of methoxy groups -OCH3 is 1. The highest BCUT2D eigenvalue weighted by Gasteiger charge is 2.35. The van der Waals surface area contributed by atoms with Gasteiger partial charge in [-0.1, -0.05) is 0 Å². The maximum atomic E-state index is 14.5. The third-order valence-corrected chi connectivity index (χ3v) is 5.27. The van der Waals surface area contributed by atoms with Crippen molar-refractivity contribution in [1.82, 2.24) is 24.7 Å². The zero-order valence-corrected chi connectivity index (χ0v) is 18.7. The molecule has 196 valence electrons. The van der Waals surface area contributed by atoms with E-state index >= 15 is 0 Å². The lowest BCUT2D eigenvalue weighted by atomic mass is 10.1. The zero-order valence-electron chi connectivity index (χ0n) is 17.9. The van der Waals surface area contributed by atoms with E-state index in [-0.39, 0.29) is 17.3 Å². The zero-order chi connectivity index (χ0) is 26.7. The number of hydrogen-bond donors (Lipinski definition) is 1. The molecule has 0 saturated carbocycles. The first kappa shape index (κ1) is 26.9. The molecule has 0 atom stereocenters. The smallest absolute Gasteiger partial charge is 0.408 e. The average molecular weight is 544 g/mol. The highest BCUT2D eigenvalue weighted by Crippen LogP contribution is 2.31. The van der Waals surface area contributed by atoms with Gasteiger partial charge in [-0.05, 0) is 12.1 Å². The molecule has 3 aromatic rings. The second-order valence-corrected chi connectivity index (χ2v) is 8.72. The monoisotopic (exact) mass is 544 g/mol. The number of hydrogen-bond acceptors (Lipinski definition) is 8. The van der Waals surface area contributed by atoms with Gasteiger partial charge in [-0.25, -0.2) is 32.4 Å². The Morgan fingerprint density at radius 1 is 1.08 bits per heavy atom. The molecule has 3 aromatic heterocycles. The lowest BCUT2D eigenvalue weighted by Crippen LogP contribution is -2.28. The standard InChI is InChI=1S/C18H15F7N6O4S/c1-34-16-12(30-36(32,33)8-18(23,24)25)4-10(5-26-16)15-11(19)2-3-14(28-15)35-6-13-27-9-31(29-13)7-17(20,21)22/h2-5,9,30H,6-8H2,1H3. The molecule has 0 aliphatic rings. The van der Waals surface area contributed by atoms with E-state index in [1.807, 2.05) is 0 Å². The number of sulfonamides is 1. The van der Waals surface area contributed by atoms with Gasteiger partial charge in [0.25, 0.3) is 0 Å². The minimum absolute atomic E-state index is 0.126. The first-order valence-electron chi connectivity index (χ1n) is 9.50. The highest BCUT2D eigenvalue weighted by molar-refractivity contribution is 7.92. The van der Waals surface area contributed by atoms with Gasteiger partial charge in [-0.15, -0.1) is 0 Å². The van der Waals surface area contributed by atoms with Crippen molar-refractivity contribution in [3.63, 3.8) is 0 Å². The molecule has 36 heavy (non-hydrogen) atoms. The highest BCUT2D eigenvalue weighted by atomic mass is 32.2. The van der Waals surface area contributed by atoms with Gasteiger partial charge in [0, 0.05) is 17.8 Å². The van der Waals surface area contributed by atoms with Crippen molar-refractivity contribution in [2.45, 2.75) is 25.5 Å². The van der Waals surface area contributed by atoms with Crippen LogP contribution in [0.15, 0.2) is 30.7 Å². The Hall–Kier alpha value is -3.70. The van der Waals surface area contributed by atoms with Crippen LogP contribution in [0.5, 0.6) is 11.8 Å². The van der Waals surface area contributed by atoms with Crippen LogP contribution in [-0.2, 0) is 23.2 Å². The van der Waals surface area contributed by atoms with Gasteiger partial charge in [0.2, 0.25) is 21.8 Å². The lowest BCUT2D eigenvalue weighted by molar-refractivity contribution is -0.142. The average Bonchev–Trinajstić information content (AvgIpc) is 3.16. The summed E-state index contributed by atoms with van der Waals surface area (Å²) in [6.07, 6.45) is -7.66. The van der Waals surface area contributed by atoms with Crippen LogP contribution in [0, 0.1) is 5.82 Å². The van der Waals surface area contributed by atoms with E-state index in [9.17, 15) is 39.2 Å². The number of pyridine rings is 2. The predicted octanol–water partition coefficient (Wildman–Crippen LogP) is 3.33. The fourth-order valence-electron chi connectivity index (χ4n) is 2.74. The van der Waals surface area contributed by atoms with Crippen molar-refractivity contribution in [2.24, 2.45) is 0 Å². The Labute approximate surface area is 198 Å². The fourth-order valence-corrected chi connectivity index (χ4v) is 3.73. The van der Waals surface area contributed by atoms with Crippen LogP contribution in [-0.4, -0.2) is 58.4 Å². The molecule has 0 aromatic carbocycles. The summed E-state index contributed by atoms with van der Waals surface area (Å²) in [5.41, 5.74) is -1.09. The third kappa shape index (κ3) is 7.65. The maximum absolute atomic E-state index is 14.5. The largest absolute Gasteiger partial charge is 0.480 e. The summed E-state index contributed by atoms with van der Waals surface area (Å²) in [5.74, 6) is -3.84. The molecule has 0 unspecified atom stereocenters. The molecule has 0 aliphatic carbocycles. The number of alkyl halides is 6. The van der Waals surface area contributed by atoms with Crippen molar-refractivity contribution in [3.05, 3.63) is 42.4 Å². The van der Waals surface area contributed by atoms with E-state index in [1.165, 1.54) is 0 Å². The van der Waals surface area contributed by atoms with Crippen LogP contribution in [0.2, 0.25) is 0 Å². The SMILES string of the molecule is COc1ncc(-c2nc(OCc3ncn(CC(F)(F)F)n3)ccc2F)cc1NS(=O)(=O)CC(F)(F)F. The Morgan fingerprint density at radius 2 is 1.81 bits per heavy atom. The molecule has 0 radical (unpaired) electrons. The molecule has 0 amide bonds. The van der Waals surface area contributed by atoms with Crippen molar-refractivity contribution in [1.29, 1.82) is 0 Å². The number of nitrogens with one attached hydrogen (secondary N) is 1. The summed E-state index contributed by atoms with van der Waals surface area (Å²) in [5, 5.41) is 3.59. The lowest BCUT2D eigenvalue weighted by Gasteiger charge is -2.14.